The van der Waals surface area contributed by atoms with Crippen molar-refractivity contribution in [2.75, 3.05) is 30.8 Å². The fourth-order valence-corrected chi connectivity index (χ4v) is 2.74. The van der Waals surface area contributed by atoms with Crippen LogP contribution in [0.4, 0.5) is 24.5 Å². The molecule has 0 aliphatic rings. The summed E-state index contributed by atoms with van der Waals surface area (Å²) in [4.78, 5) is 25.7. The number of anilines is 2. The lowest BCUT2D eigenvalue weighted by atomic mass is 10.1. The molecule has 0 aliphatic heterocycles. The summed E-state index contributed by atoms with van der Waals surface area (Å²) >= 11 is 0. The number of halogens is 3. The molecule has 0 saturated carbocycles. The van der Waals surface area contributed by atoms with Crippen LogP contribution in [0.1, 0.15) is 18.1 Å². The third-order valence-corrected chi connectivity index (χ3v) is 4.14. The van der Waals surface area contributed by atoms with E-state index in [9.17, 15) is 22.8 Å². The molecule has 0 bridgehead atoms. The Bertz CT molecular complexity index is 887. The molecule has 0 radical (unpaired) electrons. The van der Waals surface area contributed by atoms with Gasteiger partial charge in [0.05, 0.1) is 18.8 Å². The van der Waals surface area contributed by atoms with Crippen LogP contribution in [0.5, 0.6) is 0 Å². The van der Waals surface area contributed by atoms with Crippen LogP contribution in [0.15, 0.2) is 30.3 Å². The van der Waals surface area contributed by atoms with Crippen molar-refractivity contribution in [3.8, 4) is 0 Å². The molecule has 0 saturated heterocycles. The summed E-state index contributed by atoms with van der Waals surface area (Å²) in [5, 5.41) is 5.01. The van der Waals surface area contributed by atoms with E-state index in [-0.39, 0.29) is 19.0 Å². The molecule has 0 heterocycles. The summed E-state index contributed by atoms with van der Waals surface area (Å²) < 4.78 is 39.8. The number of nitrogens with one attached hydrogen (secondary N) is 2. The zero-order chi connectivity index (χ0) is 20.8. The first-order chi connectivity index (χ1) is 13.2. The minimum atomic E-state index is -1.66. The Balaban J connectivity index is 1.93. The highest BCUT2D eigenvalue weighted by molar-refractivity contribution is 5.95. The maximum atomic E-state index is 13.6. The van der Waals surface area contributed by atoms with Crippen LogP contribution in [-0.2, 0) is 16.0 Å². The van der Waals surface area contributed by atoms with Crippen molar-refractivity contribution in [2.45, 2.75) is 20.3 Å². The van der Waals surface area contributed by atoms with E-state index in [0.717, 1.165) is 35.4 Å². The van der Waals surface area contributed by atoms with Crippen molar-refractivity contribution >= 4 is 23.2 Å². The molecule has 28 heavy (non-hydrogen) atoms. The normalized spacial score (nSPS) is 10.8. The van der Waals surface area contributed by atoms with Gasteiger partial charge in [0.2, 0.25) is 11.8 Å². The molecule has 0 fully saturated rings. The summed E-state index contributed by atoms with van der Waals surface area (Å²) in [7, 11) is 1.54. The Labute approximate surface area is 161 Å². The average molecular weight is 393 g/mol. The van der Waals surface area contributed by atoms with Gasteiger partial charge in [0, 0.05) is 5.69 Å². The van der Waals surface area contributed by atoms with Crippen molar-refractivity contribution in [3.05, 3.63) is 58.9 Å². The van der Waals surface area contributed by atoms with Crippen molar-refractivity contribution in [1.29, 1.82) is 0 Å². The fraction of sp³-hybridized carbons (Fsp3) is 0.300. The van der Waals surface area contributed by atoms with Gasteiger partial charge >= 0.3 is 0 Å². The number of aryl methyl sites for hydroxylation is 2. The molecule has 5 nitrogen and oxygen atoms in total. The first kappa shape index (κ1) is 21.4. The van der Waals surface area contributed by atoms with Gasteiger partial charge in [0.1, 0.15) is 0 Å². The van der Waals surface area contributed by atoms with Gasteiger partial charge in [0.25, 0.3) is 0 Å². The second kappa shape index (κ2) is 9.36. The number of carbonyl (C=O) groups is 2. The van der Waals surface area contributed by atoms with Gasteiger partial charge in [-0.3, -0.25) is 14.5 Å². The van der Waals surface area contributed by atoms with E-state index in [1.807, 2.05) is 32.0 Å². The predicted molar refractivity (Wildman–Crippen MR) is 102 cm³/mol. The number of likely N-dealkylation sites (N-methyl/N-ethyl adjacent to an activating group) is 1. The van der Waals surface area contributed by atoms with Crippen molar-refractivity contribution in [3.63, 3.8) is 0 Å². The molecule has 8 heteroatoms. The molecule has 0 aliphatic carbocycles. The summed E-state index contributed by atoms with van der Waals surface area (Å²) in [6.45, 7) is 3.56. The van der Waals surface area contributed by atoms with Crippen LogP contribution >= 0.6 is 0 Å². The second-order valence-corrected chi connectivity index (χ2v) is 6.45. The molecule has 150 valence electrons. The summed E-state index contributed by atoms with van der Waals surface area (Å²) in [6.07, 6.45) is 0.759. The topological polar surface area (TPSA) is 61.4 Å². The van der Waals surface area contributed by atoms with Crippen LogP contribution in [0.2, 0.25) is 0 Å². The lowest BCUT2D eigenvalue weighted by Crippen LogP contribution is -2.36. The van der Waals surface area contributed by atoms with E-state index >= 15 is 0 Å². The number of benzene rings is 2. The van der Waals surface area contributed by atoms with E-state index in [2.05, 4.69) is 10.6 Å². The zero-order valence-corrected chi connectivity index (χ0v) is 15.9. The largest absolute Gasteiger partial charge is 0.324 e. The molecule has 2 aromatic rings. The Kier molecular flexibility index (Phi) is 7.17. The van der Waals surface area contributed by atoms with Gasteiger partial charge in [-0.15, -0.1) is 0 Å². The molecular formula is C20H22F3N3O2. The summed E-state index contributed by atoms with van der Waals surface area (Å²) in [5.41, 5.74) is 2.22. The Morgan fingerprint density at radius 1 is 0.964 bits per heavy atom. The first-order valence-corrected chi connectivity index (χ1v) is 8.73. The van der Waals surface area contributed by atoms with Crippen molar-refractivity contribution < 1.29 is 22.8 Å². The van der Waals surface area contributed by atoms with Gasteiger partial charge in [0.15, 0.2) is 17.5 Å². The van der Waals surface area contributed by atoms with E-state index < -0.39 is 29.0 Å². The number of nitrogens with zero attached hydrogens (tertiary/aromatic N) is 1. The Hall–Kier alpha value is -2.87. The molecule has 0 unspecified atom stereocenters. The van der Waals surface area contributed by atoms with Crippen molar-refractivity contribution in [1.82, 2.24) is 4.90 Å². The maximum Gasteiger partial charge on any atom is 0.238 e. The first-order valence-electron chi connectivity index (χ1n) is 8.73. The molecule has 0 spiro atoms. The highest BCUT2D eigenvalue weighted by Gasteiger charge is 2.17. The van der Waals surface area contributed by atoms with E-state index in [1.54, 1.807) is 7.05 Å². The summed E-state index contributed by atoms with van der Waals surface area (Å²) in [6, 6.07) is 7.39. The van der Waals surface area contributed by atoms with Crippen LogP contribution in [0.3, 0.4) is 0 Å². The monoisotopic (exact) mass is 393 g/mol. The standard InChI is InChI=1S/C20H22F3N3O2/c1-4-13-7-5-6-12(2)20(13)25-17(28)11-26(3)10-16(27)24-15-9-8-14(21)18(22)19(15)23/h5-9H,4,10-11H2,1-3H3,(H,24,27)(H,25,28). The quantitative estimate of drug-likeness (QED) is 0.708. The SMILES string of the molecule is CCc1cccc(C)c1NC(=O)CN(C)CC(=O)Nc1ccc(F)c(F)c1F. The zero-order valence-electron chi connectivity index (χ0n) is 15.9. The number of amides is 2. The van der Waals surface area contributed by atoms with E-state index in [4.69, 9.17) is 0 Å². The Morgan fingerprint density at radius 2 is 1.61 bits per heavy atom. The molecule has 2 rings (SSSR count). The lowest BCUT2D eigenvalue weighted by Gasteiger charge is -2.18. The minimum Gasteiger partial charge on any atom is -0.324 e. The van der Waals surface area contributed by atoms with E-state index in [0.29, 0.717) is 0 Å². The highest BCUT2D eigenvalue weighted by atomic mass is 19.2. The second-order valence-electron chi connectivity index (χ2n) is 6.45. The van der Waals surface area contributed by atoms with Gasteiger partial charge in [-0.1, -0.05) is 25.1 Å². The van der Waals surface area contributed by atoms with Crippen LogP contribution in [0.25, 0.3) is 0 Å². The molecule has 2 aromatic carbocycles. The van der Waals surface area contributed by atoms with Gasteiger partial charge < -0.3 is 10.6 Å². The number of hydrogen-bond acceptors (Lipinski definition) is 3. The number of para-hydroxylation sites is 1. The van der Waals surface area contributed by atoms with Crippen LogP contribution in [-0.4, -0.2) is 36.9 Å². The number of rotatable bonds is 7. The van der Waals surface area contributed by atoms with Gasteiger partial charge in [-0.05, 0) is 43.7 Å². The molecular weight excluding hydrogens is 371 g/mol. The molecule has 2 N–H and O–H groups in total. The smallest absolute Gasteiger partial charge is 0.238 e. The third-order valence-electron chi connectivity index (χ3n) is 4.14. The molecule has 0 atom stereocenters. The van der Waals surface area contributed by atoms with Crippen LogP contribution in [0, 0.1) is 24.4 Å². The number of hydrogen-bond donors (Lipinski definition) is 2. The van der Waals surface area contributed by atoms with Crippen LogP contribution < -0.4 is 10.6 Å². The summed E-state index contributed by atoms with van der Waals surface area (Å²) in [5.74, 6) is -5.44. The van der Waals surface area contributed by atoms with E-state index in [1.165, 1.54) is 4.90 Å². The molecule has 2 amide bonds. The average Bonchev–Trinajstić information content (AvgIpc) is 2.63. The highest BCUT2D eigenvalue weighted by Crippen LogP contribution is 2.21. The third kappa shape index (κ3) is 5.32. The molecule has 0 aromatic heterocycles. The lowest BCUT2D eigenvalue weighted by molar-refractivity contribution is -0.119. The van der Waals surface area contributed by atoms with Crippen molar-refractivity contribution in [2.24, 2.45) is 0 Å². The van der Waals surface area contributed by atoms with Gasteiger partial charge in [-0.25, -0.2) is 13.2 Å². The number of carbonyl (C=O) groups excluding carboxylic acids is 2. The van der Waals surface area contributed by atoms with Gasteiger partial charge in [-0.2, -0.15) is 0 Å². The maximum absolute atomic E-state index is 13.6. The Morgan fingerprint density at radius 3 is 2.25 bits per heavy atom. The minimum absolute atomic E-state index is 0.0782. The fourth-order valence-electron chi connectivity index (χ4n) is 2.74. The predicted octanol–water partition coefficient (Wildman–Crippen LogP) is 3.48.